The third-order valence-electron chi connectivity index (χ3n) is 1.43. The standard InChI is InChI=1S/C7H4BrClN2/c8-7-10-5-3-1-2-4(9)6(5)11-7/h1-3H,(H,10,11). The lowest BCUT2D eigenvalue weighted by Crippen LogP contribution is -1.68. The minimum atomic E-state index is 0.671. The minimum Gasteiger partial charge on any atom is -0.332 e. The Morgan fingerprint density at radius 1 is 1.45 bits per heavy atom. The van der Waals surface area contributed by atoms with Crippen LogP contribution in [-0.4, -0.2) is 9.97 Å². The van der Waals surface area contributed by atoms with Crippen LogP contribution in [0, 0.1) is 0 Å². The highest BCUT2D eigenvalue weighted by atomic mass is 79.9. The van der Waals surface area contributed by atoms with Crippen molar-refractivity contribution in [1.29, 1.82) is 0 Å². The van der Waals surface area contributed by atoms with E-state index in [1.807, 2.05) is 18.2 Å². The molecule has 0 spiro atoms. The monoisotopic (exact) mass is 230 g/mol. The average molecular weight is 231 g/mol. The van der Waals surface area contributed by atoms with Gasteiger partial charge in [-0.1, -0.05) is 17.7 Å². The third-order valence-corrected chi connectivity index (χ3v) is 2.12. The number of H-pyrrole nitrogens is 1. The molecule has 1 N–H and O–H groups in total. The highest BCUT2D eigenvalue weighted by molar-refractivity contribution is 9.10. The van der Waals surface area contributed by atoms with Crippen molar-refractivity contribution in [2.24, 2.45) is 0 Å². The molecule has 0 saturated carbocycles. The maximum absolute atomic E-state index is 5.87. The van der Waals surface area contributed by atoms with Crippen molar-refractivity contribution >= 4 is 38.6 Å². The maximum atomic E-state index is 5.87. The highest BCUT2D eigenvalue weighted by Crippen LogP contribution is 2.22. The molecule has 0 bridgehead atoms. The first-order valence-corrected chi connectivity index (χ1v) is 4.24. The first-order chi connectivity index (χ1) is 5.27. The Morgan fingerprint density at radius 3 is 3.00 bits per heavy atom. The van der Waals surface area contributed by atoms with Gasteiger partial charge in [0.1, 0.15) is 5.52 Å². The molecule has 11 heavy (non-hydrogen) atoms. The Labute approximate surface area is 76.7 Å². The second kappa shape index (κ2) is 2.50. The summed E-state index contributed by atoms with van der Waals surface area (Å²) in [6.45, 7) is 0. The Kier molecular flexibility index (Phi) is 1.62. The van der Waals surface area contributed by atoms with Gasteiger partial charge in [-0.05, 0) is 28.1 Å². The van der Waals surface area contributed by atoms with Gasteiger partial charge in [0.25, 0.3) is 0 Å². The molecule has 0 aliphatic rings. The second-order valence-electron chi connectivity index (χ2n) is 2.16. The van der Waals surface area contributed by atoms with Crippen LogP contribution >= 0.6 is 27.5 Å². The molecular formula is C7H4BrClN2. The lowest BCUT2D eigenvalue weighted by molar-refractivity contribution is 1.27. The van der Waals surface area contributed by atoms with Gasteiger partial charge in [0, 0.05) is 0 Å². The lowest BCUT2D eigenvalue weighted by atomic mass is 10.3. The zero-order chi connectivity index (χ0) is 7.84. The zero-order valence-electron chi connectivity index (χ0n) is 5.44. The summed E-state index contributed by atoms with van der Waals surface area (Å²) in [4.78, 5) is 7.16. The molecule has 1 aromatic heterocycles. The fourth-order valence-corrected chi connectivity index (χ4v) is 1.57. The van der Waals surface area contributed by atoms with Crippen LogP contribution in [0.25, 0.3) is 11.0 Å². The number of nitrogens with zero attached hydrogens (tertiary/aromatic N) is 1. The van der Waals surface area contributed by atoms with Crippen molar-refractivity contribution < 1.29 is 0 Å². The van der Waals surface area contributed by atoms with Gasteiger partial charge in [-0.3, -0.25) is 0 Å². The van der Waals surface area contributed by atoms with E-state index in [4.69, 9.17) is 11.6 Å². The first kappa shape index (κ1) is 7.13. The van der Waals surface area contributed by atoms with Crippen LogP contribution in [0.1, 0.15) is 0 Å². The van der Waals surface area contributed by atoms with Crippen LogP contribution in [0.3, 0.4) is 0 Å². The van der Waals surface area contributed by atoms with E-state index in [-0.39, 0.29) is 0 Å². The summed E-state index contributed by atoms with van der Waals surface area (Å²) in [5.41, 5.74) is 1.76. The Balaban J connectivity index is 2.90. The molecule has 0 atom stereocenters. The smallest absolute Gasteiger partial charge is 0.175 e. The van der Waals surface area contributed by atoms with Crippen molar-refractivity contribution in [1.82, 2.24) is 9.97 Å². The van der Waals surface area contributed by atoms with Gasteiger partial charge in [0.15, 0.2) is 4.73 Å². The number of fused-ring (bicyclic) bond motifs is 1. The molecule has 1 aromatic carbocycles. The number of aromatic amines is 1. The average Bonchev–Trinajstić information content (AvgIpc) is 2.31. The van der Waals surface area contributed by atoms with E-state index in [0.717, 1.165) is 11.0 Å². The molecule has 2 nitrogen and oxygen atoms in total. The first-order valence-electron chi connectivity index (χ1n) is 3.07. The summed E-state index contributed by atoms with van der Waals surface area (Å²) in [6, 6.07) is 5.63. The number of halogens is 2. The van der Waals surface area contributed by atoms with Gasteiger partial charge < -0.3 is 4.98 Å². The van der Waals surface area contributed by atoms with E-state index in [9.17, 15) is 0 Å². The Hall–Kier alpha value is -0.540. The van der Waals surface area contributed by atoms with Crippen LogP contribution in [0.15, 0.2) is 22.9 Å². The predicted molar refractivity (Wildman–Crippen MR) is 48.8 cm³/mol. The number of benzene rings is 1. The molecule has 2 aromatic rings. The molecule has 56 valence electrons. The van der Waals surface area contributed by atoms with Crippen molar-refractivity contribution in [3.8, 4) is 0 Å². The summed E-state index contributed by atoms with van der Waals surface area (Å²) in [7, 11) is 0. The fourth-order valence-electron chi connectivity index (χ4n) is 0.967. The molecule has 4 heteroatoms. The van der Waals surface area contributed by atoms with Gasteiger partial charge in [-0.25, -0.2) is 4.98 Å². The van der Waals surface area contributed by atoms with Gasteiger partial charge >= 0.3 is 0 Å². The molecule has 0 saturated heterocycles. The molecule has 0 aliphatic carbocycles. The van der Waals surface area contributed by atoms with Crippen LogP contribution < -0.4 is 0 Å². The van der Waals surface area contributed by atoms with Crippen molar-refractivity contribution in [2.75, 3.05) is 0 Å². The third kappa shape index (κ3) is 1.14. The van der Waals surface area contributed by atoms with Gasteiger partial charge in [0.2, 0.25) is 0 Å². The normalized spacial score (nSPS) is 10.7. The molecule has 0 radical (unpaired) electrons. The predicted octanol–water partition coefficient (Wildman–Crippen LogP) is 2.98. The number of nitrogens with one attached hydrogen (secondary N) is 1. The number of rotatable bonds is 0. The number of aromatic nitrogens is 2. The van der Waals surface area contributed by atoms with Gasteiger partial charge in [-0.15, -0.1) is 0 Å². The summed E-state index contributed by atoms with van der Waals surface area (Å²) in [5.74, 6) is 0. The maximum Gasteiger partial charge on any atom is 0.175 e. The SMILES string of the molecule is Clc1cccc2[nH]c(Br)nc12. The number of imidazole rings is 1. The van der Waals surface area contributed by atoms with E-state index in [0.29, 0.717) is 9.76 Å². The van der Waals surface area contributed by atoms with Crippen LogP contribution in [-0.2, 0) is 0 Å². The van der Waals surface area contributed by atoms with E-state index >= 15 is 0 Å². The molecule has 1 heterocycles. The Morgan fingerprint density at radius 2 is 2.27 bits per heavy atom. The van der Waals surface area contributed by atoms with E-state index in [1.165, 1.54) is 0 Å². The van der Waals surface area contributed by atoms with E-state index < -0.39 is 0 Å². The zero-order valence-corrected chi connectivity index (χ0v) is 7.78. The molecule has 0 fully saturated rings. The summed E-state index contributed by atoms with van der Waals surface area (Å²) < 4.78 is 0.709. The molecular weight excluding hydrogens is 227 g/mol. The van der Waals surface area contributed by atoms with Crippen molar-refractivity contribution in [3.63, 3.8) is 0 Å². The molecule has 0 unspecified atom stereocenters. The second-order valence-corrected chi connectivity index (χ2v) is 3.32. The highest BCUT2D eigenvalue weighted by Gasteiger charge is 2.01. The largest absolute Gasteiger partial charge is 0.332 e. The van der Waals surface area contributed by atoms with Crippen LogP contribution in [0.4, 0.5) is 0 Å². The lowest BCUT2D eigenvalue weighted by Gasteiger charge is -1.88. The summed E-state index contributed by atoms with van der Waals surface area (Å²) in [6.07, 6.45) is 0. The van der Waals surface area contributed by atoms with Gasteiger partial charge in [-0.2, -0.15) is 0 Å². The van der Waals surface area contributed by atoms with Gasteiger partial charge in [0.05, 0.1) is 10.5 Å². The van der Waals surface area contributed by atoms with Crippen LogP contribution in [0.5, 0.6) is 0 Å². The number of hydrogen-bond donors (Lipinski definition) is 1. The van der Waals surface area contributed by atoms with Crippen molar-refractivity contribution in [2.45, 2.75) is 0 Å². The summed E-state index contributed by atoms with van der Waals surface area (Å²) >= 11 is 9.10. The van der Waals surface area contributed by atoms with Crippen molar-refractivity contribution in [3.05, 3.63) is 28.0 Å². The molecule has 0 aliphatic heterocycles. The van der Waals surface area contributed by atoms with Crippen LogP contribution in [0.2, 0.25) is 5.02 Å². The quantitative estimate of drug-likeness (QED) is 0.742. The fraction of sp³-hybridized carbons (Fsp3) is 0. The number of para-hydroxylation sites is 1. The van der Waals surface area contributed by atoms with E-state index in [1.54, 1.807) is 0 Å². The van der Waals surface area contributed by atoms with E-state index in [2.05, 4.69) is 25.9 Å². The molecule has 2 rings (SSSR count). The molecule has 0 amide bonds. The summed E-state index contributed by atoms with van der Waals surface area (Å²) in [5, 5.41) is 0.671. The number of hydrogen-bond acceptors (Lipinski definition) is 1. The topological polar surface area (TPSA) is 28.7 Å². The Bertz CT molecular complexity index is 396. The minimum absolute atomic E-state index is 0.671.